The van der Waals surface area contributed by atoms with Gasteiger partial charge < -0.3 is 5.32 Å². The minimum atomic E-state index is 0.782. The molecule has 0 aliphatic carbocycles. The summed E-state index contributed by atoms with van der Waals surface area (Å²) in [6.45, 7) is 4.71. The molecule has 0 radical (unpaired) electrons. The molecule has 0 saturated carbocycles. The van der Waals surface area contributed by atoms with Crippen LogP contribution in [0.5, 0.6) is 0 Å². The maximum absolute atomic E-state index is 5.31. The zero-order valence-corrected chi connectivity index (χ0v) is 11.8. The predicted molar refractivity (Wildman–Crippen MR) is 77.5 cm³/mol. The van der Waals surface area contributed by atoms with Crippen molar-refractivity contribution in [1.29, 1.82) is 0 Å². The van der Waals surface area contributed by atoms with Crippen LogP contribution in [-0.4, -0.2) is 36.1 Å². The number of rotatable bonds is 7. The molecule has 2 aliphatic heterocycles. The fourth-order valence-electron chi connectivity index (χ4n) is 3.68. The lowest BCUT2D eigenvalue weighted by atomic mass is 9.96. The van der Waals surface area contributed by atoms with Gasteiger partial charge in [0.05, 0.1) is 0 Å². The molecule has 2 nitrogen and oxygen atoms in total. The largest absolute Gasteiger partial charge is 0.314 e. The highest BCUT2D eigenvalue weighted by Crippen LogP contribution is 2.35. The van der Waals surface area contributed by atoms with E-state index in [0.717, 1.165) is 24.5 Å². The van der Waals surface area contributed by atoms with E-state index in [9.17, 15) is 0 Å². The third-order valence-corrected chi connectivity index (χ3v) is 4.55. The second kappa shape index (κ2) is 7.16. The number of unbranched alkanes of at least 4 members (excludes halogenated alkanes) is 2. The standard InChI is InChI=1S/C16H28N2/c1-3-5-6-7-11-18-15-8-9-16(18)13-14(12-15)17-10-4-2/h1,14-17H,4-13H2,2H3. The summed E-state index contributed by atoms with van der Waals surface area (Å²) in [6.07, 6.45) is 15.6. The minimum Gasteiger partial charge on any atom is -0.314 e. The molecule has 2 rings (SSSR count). The summed E-state index contributed by atoms with van der Waals surface area (Å²) in [4.78, 5) is 2.78. The third kappa shape index (κ3) is 3.49. The molecule has 2 aliphatic rings. The van der Waals surface area contributed by atoms with Crippen molar-refractivity contribution in [3.63, 3.8) is 0 Å². The van der Waals surface area contributed by atoms with Crippen molar-refractivity contribution in [2.24, 2.45) is 0 Å². The average molecular weight is 248 g/mol. The van der Waals surface area contributed by atoms with Crippen LogP contribution in [0, 0.1) is 12.3 Å². The molecule has 2 saturated heterocycles. The molecule has 0 amide bonds. The molecule has 2 unspecified atom stereocenters. The van der Waals surface area contributed by atoms with E-state index in [0.29, 0.717) is 0 Å². The minimum absolute atomic E-state index is 0.782. The maximum atomic E-state index is 5.31. The first-order valence-electron chi connectivity index (χ1n) is 7.77. The van der Waals surface area contributed by atoms with Crippen LogP contribution in [0.1, 0.15) is 58.3 Å². The van der Waals surface area contributed by atoms with E-state index in [1.165, 1.54) is 58.0 Å². The maximum Gasteiger partial charge on any atom is 0.0114 e. The summed E-state index contributed by atoms with van der Waals surface area (Å²) >= 11 is 0. The summed E-state index contributed by atoms with van der Waals surface area (Å²) < 4.78 is 0. The molecule has 2 bridgehead atoms. The third-order valence-electron chi connectivity index (χ3n) is 4.55. The molecule has 2 heterocycles. The zero-order chi connectivity index (χ0) is 12.8. The fourth-order valence-corrected chi connectivity index (χ4v) is 3.68. The Morgan fingerprint density at radius 2 is 1.94 bits per heavy atom. The van der Waals surface area contributed by atoms with Crippen LogP contribution < -0.4 is 5.32 Å². The van der Waals surface area contributed by atoms with Crippen molar-refractivity contribution < 1.29 is 0 Å². The van der Waals surface area contributed by atoms with Gasteiger partial charge in [-0.15, -0.1) is 12.3 Å². The topological polar surface area (TPSA) is 15.3 Å². The highest BCUT2D eigenvalue weighted by Gasteiger charge is 2.39. The van der Waals surface area contributed by atoms with Crippen LogP contribution in [0.25, 0.3) is 0 Å². The molecule has 2 heteroatoms. The van der Waals surface area contributed by atoms with Crippen LogP contribution in [0.15, 0.2) is 0 Å². The number of terminal acetylenes is 1. The van der Waals surface area contributed by atoms with Gasteiger partial charge in [-0.05, 0) is 58.0 Å². The molecule has 0 aromatic heterocycles. The Morgan fingerprint density at radius 3 is 2.56 bits per heavy atom. The normalized spacial score (nSPS) is 31.4. The van der Waals surface area contributed by atoms with Gasteiger partial charge in [0.2, 0.25) is 0 Å². The molecule has 0 aromatic carbocycles. The zero-order valence-electron chi connectivity index (χ0n) is 11.8. The number of fused-ring (bicyclic) bond motifs is 2. The molecule has 102 valence electrons. The van der Waals surface area contributed by atoms with Crippen molar-refractivity contribution in [1.82, 2.24) is 10.2 Å². The van der Waals surface area contributed by atoms with Gasteiger partial charge in [-0.1, -0.05) is 6.92 Å². The van der Waals surface area contributed by atoms with Gasteiger partial charge in [0.15, 0.2) is 0 Å². The molecule has 0 aromatic rings. The number of nitrogens with one attached hydrogen (secondary N) is 1. The van der Waals surface area contributed by atoms with Gasteiger partial charge in [0.1, 0.15) is 0 Å². The van der Waals surface area contributed by atoms with Gasteiger partial charge in [0.25, 0.3) is 0 Å². The van der Waals surface area contributed by atoms with E-state index in [-0.39, 0.29) is 0 Å². The van der Waals surface area contributed by atoms with E-state index < -0.39 is 0 Å². The first-order valence-corrected chi connectivity index (χ1v) is 7.77. The van der Waals surface area contributed by atoms with Crippen molar-refractivity contribution in [3.8, 4) is 12.3 Å². The van der Waals surface area contributed by atoms with Crippen LogP contribution in [0.2, 0.25) is 0 Å². The van der Waals surface area contributed by atoms with E-state index in [4.69, 9.17) is 6.42 Å². The molecular weight excluding hydrogens is 220 g/mol. The van der Waals surface area contributed by atoms with Crippen molar-refractivity contribution in [2.45, 2.75) is 76.4 Å². The monoisotopic (exact) mass is 248 g/mol. The highest BCUT2D eigenvalue weighted by atomic mass is 15.2. The molecule has 18 heavy (non-hydrogen) atoms. The van der Waals surface area contributed by atoms with E-state index >= 15 is 0 Å². The van der Waals surface area contributed by atoms with Gasteiger partial charge in [-0.3, -0.25) is 4.90 Å². The first-order chi connectivity index (χ1) is 8.85. The Morgan fingerprint density at radius 1 is 1.22 bits per heavy atom. The first kappa shape index (κ1) is 13.9. The highest BCUT2D eigenvalue weighted by molar-refractivity contribution is 4.97. The second-order valence-electron chi connectivity index (χ2n) is 5.91. The summed E-state index contributed by atoms with van der Waals surface area (Å²) in [5.74, 6) is 2.75. The lowest BCUT2D eigenvalue weighted by Crippen LogP contribution is -2.49. The number of piperidine rings is 1. The van der Waals surface area contributed by atoms with E-state index in [2.05, 4.69) is 23.1 Å². The number of hydrogen-bond acceptors (Lipinski definition) is 2. The van der Waals surface area contributed by atoms with E-state index in [1.54, 1.807) is 0 Å². The SMILES string of the molecule is C#CCCCCN1C2CCC1CC(NCCC)C2. The van der Waals surface area contributed by atoms with Gasteiger partial charge in [-0.2, -0.15) is 0 Å². The second-order valence-corrected chi connectivity index (χ2v) is 5.91. The summed E-state index contributed by atoms with van der Waals surface area (Å²) in [6, 6.07) is 2.48. The van der Waals surface area contributed by atoms with Crippen LogP contribution in [-0.2, 0) is 0 Å². The Balaban J connectivity index is 1.74. The number of nitrogens with zero attached hydrogens (tertiary/aromatic N) is 1. The fraction of sp³-hybridized carbons (Fsp3) is 0.875. The summed E-state index contributed by atoms with van der Waals surface area (Å²) in [7, 11) is 0. The van der Waals surface area contributed by atoms with Crippen LogP contribution in [0.4, 0.5) is 0 Å². The van der Waals surface area contributed by atoms with Crippen LogP contribution in [0.3, 0.4) is 0 Å². The summed E-state index contributed by atoms with van der Waals surface area (Å²) in [5.41, 5.74) is 0. The molecule has 0 spiro atoms. The van der Waals surface area contributed by atoms with Gasteiger partial charge in [-0.25, -0.2) is 0 Å². The average Bonchev–Trinajstić information content (AvgIpc) is 2.62. The van der Waals surface area contributed by atoms with E-state index in [1.807, 2.05) is 0 Å². The Hall–Kier alpha value is -0.520. The van der Waals surface area contributed by atoms with Gasteiger partial charge >= 0.3 is 0 Å². The number of hydrogen-bond donors (Lipinski definition) is 1. The quantitative estimate of drug-likeness (QED) is 0.550. The van der Waals surface area contributed by atoms with Crippen molar-refractivity contribution in [3.05, 3.63) is 0 Å². The Kier molecular flexibility index (Phi) is 5.53. The lowest BCUT2D eigenvalue weighted by molar-refractivity contribution is 0.115. The molecule has 2 fully saturated rings. The molecule has 1 N–H and O–H groups in total. The predicted octanol–water partition coefficient (Wildman–Crippen LogP) is 2.78. The van der Waals surface area contributed by atoms with Crippen molar-refractivity contribution >= 4 is 0 Å². The molecular formula is C16H28N2. The summed E-state index contributed by atoms with van der Waals surface area (Å²) in [5, 5.41) is 3.72. The smallest absolute Gasteiger partial charge is 0.0114 e. The lowest BCUT2D eigenvalue weighted by Gasteiger charge is -2.39. The molecule has 2 atom stereocenters. The van der Waals surface area contributed by atoms with Gasteiger partial charge in [0, 0.05) is 24.5 Å². The van der Waals surface area contributed by atoms with Crippen molar-refractivity contribution in [2.75, 3.05) is 13.1 Å². The Bertz CT molecular complexity index is 267. The van der Waals surface area contributed by atoms with Crippen LogP contribution >= 0.6 is 0 Å². The Labute approximate surface area is 113 Å².